The van der Waals surface area contributed by atoms with E-state index in [1.165, 1.54) is 12.1 Å². The van der Waals surface area contributed by atoms with Crippen molar-refractivity contribution in [2.45, 2.75) is 31.7 Å². The first kappa shape index (κ1) is 19.2. The molecule has 3 aliphatic heterocycles. The van der Waals surface area contributed by atoms with E-state index in [-0.39, 0.29) is 29.7 Å². The van der Waals surface area contributed by atoms with Crippen LogP contribution in [-0.4, -0.2) is 72.5 Å². The second-order valence-corrected chi connectivity index (χ2v) is 8.07. The summed E-state index contributed by atoms with van der Waals surface area (Å²) in [4.78, 5) is 31.8. The summed E-state index contributed by atoms with van der Waals surface area (Å²) in [6.07, 6.45) is 3.80. The van der Waals surface area contributed by atoms with Crippen LogP contribution in [0, 0.1) is 11.7 Å². The number of hydrogen-bond donors (Lipinski definition) is 1. The maximum Gasteiger partial charge on any atom is 0.320 e. The molecule has 3 aliphatic rings. The third-order valence-corrected chi connectivity index (χ3v) is 6.18. The molecular weight excluding hydrogens is 359 g/mol. The van der Waals surface area contributed by atoms with Crippen molar-refractivity contribution in [1.82, 2.24) is 20.0 Å². The van der Waals surface area contributed by atoms with Gasteiger partial charge in [-0.05, 0) is 43.4 Å². The maximum absolute atomic E-state index is 13.7. The minimum absolute atomic E-state index is 0.0805. The first-order valence-electron chi connectivity index (χ1n) is 10.4. The topological polar surface area (TPSA) is 55.9 Å². The summed E-state index contributed by atoms with van der Waals surface area (Å²) in [6.45, 7) is 4.85. The molecule has 3 saturated heterocycles. The minimum atomic E-state index is -0.282. The Morgan fingerprint density at radius 3 is 2.61 bits per heavy atom. The highest BCUT2D eigenvalue weighted by Crippen LogP contribution is 2.28. The van der Waals surface area contributed by atoms with Gasteiger partial charge in [-0.1, -0.05) is 12.1 Å². The molecule has 3 amide bonds. The summed E-state index contributed by atoms with van der Waals surface area (Å²) in [6, 6.07) is 6.43. The number of amides is 3. The zero-order chi connectivity index (χ0) is 19.5. The predicted molar refractivity (Wildman–Crippen MR) is 104 cm³/mol. The molecule has 1 aromatic rings. The number of urea groups is 1. The highest BCUT2D eigenvalue weighted by Gasteiger charge is 2.36. The van der Waals surface area contributed by atoms with Gasteiger partial charge in [0.2, 0.25) is 5.91 Å². The summed E-state index contributed by atoms with van der Waals surface area (Å²) >= 11 is 0. The number of rotatable bonds is 2. The van der Waals surface area contributed by atoms with E-state index in [0.29, 0.717) is 19.6 Å². The normalized spacial score (nSPS) is 25.8. The van der Waals surface area contributed by atoms with Gasteiger partial charge in [0.1, 0.15) is 5.82 Å². The van der Waals surface area contributed by atoms with Gasteiger partial charge in [-0.3, -0.25) is 4.79 Å². The number of hydrogen-bond acceptors (Lipinski definition) is 3. The predicted octanol–water partition coefficient (Wildman–Crippen LogP) is 2.23. The highest BCUT2D eigenvalue weighted by molar-refractivity contribution is 5.81. The summed E-state index contributed by atoms with van der Waals surface area (Å²) in [5, 5.41) is 3.32. The van der Waals surface area contributed by atoms with E-state index in [1.807, 2.05) is 20.8 Å². The Kier molecular flexibility index (Phi) is 5.80. The van der Waals surface area contributed by atoms with Crippen molar-refractivity contribution in [2.75, 3.05) is 45.8 Å². The van der Waals surface area contributed by atoms with Gasteiger partial charge in [-0.2, -0.15) is 0 Å². The highest BCUT2D eigenvalue weighted by atomic mass is 19.1. The van der Waals surface area contributed by atoms with Crippen molar-refractivity contribution >= 4 is 11.9 Å². The van der Waals surface area contributed by atoms with Gasteiger partial charge in [-0.25, -0.2) is 9.18 Å². The molecule has 6 nitrogen and oxygen atoms in total. The Morgan fingerprint density at radius 2 is 1.82 bits per heavy atom. The molecule has 1 N–H and O–H groups in total. The number of carbonyl (C=O) groups is 2. The second-order valence-electron chi connectivity index (χ2n) is 8.07. The minimum Gasteiger partial charge on any atom is -0.333 e. The Balaban J connectivity index is 1.46. The molecule has 2 atom stereocenters. The number of piperazine rings is 1. The van der Waals surface area contributed by atoms with Gasteiger partial charge in [0.05, 0.1) is 12.0 Å². The molecular formula is C21H29FN4O2. The monoisotopic (exact) mass is 388 g/mol. The second kappa shape index (κ2) is 8.47. The first-order valence-corrected chi connectivity index (χ1v) is 10.4. The quantitative estimate of drug-likeness (QED) is 0.845. The Labute approximate surface area is 165 Å². The van der Waals surface area contributed by atoms with E-state index < -0.39 is 0 Å². The van der Waals surface area contributed by atoms with E-state index in [9.17, 15) is 14.0 Å². The summed E-state index contributed by atoms with van der Waals surface area (Å²) in [7, 11) is 0. The molecule has 2 unspecified atom stereocenters. The number of benzene rings is 1. The van der Waals surface area contributed by atoms with Crippen LogP contribution in [0.2, 0.25) is 0 Å². The molecule has 0 aliphatic carbocycles. The molecule has 1 aromatic carbocycles. The molecule has 3 heterocycles. The van der Waals surface area contributed by atoms with Crippen LogP contribution < -0.4 is 5.32 Å². The van der Waals surface area contributed by atoms with Gasteiger partial charge in [0.25, 0.3) is 0 Å². The number of carbonyl (C=O) groups excluding carboxylic acids is 2. The molecule has 0 bridgehead atoms. The van der Waals surface area contributed by atoms with Gasteiger partial charge in [0.15, 0.2) is 0 Å². The molecule has 0 spiro atoms. The maximum atomic E-state index is 13.7. The third kappa shape index (κ3) is 3.99. The van der Waals surface area contributed by atoms with Gasteiger partial charge < -0.3 is 20.0 Å². The Bertz CT molecular complexity index is 722. The molecule has 0 radical (unpaired) electrons. The lowest BCUT2D eigenvalue weighted by Gasteiger charge is -2.41. The van der Waals surface area contributed by atoms with Crippen molar-refractivity contribution in [3.05, 3.63) is 35.6 Å². The van der Waals surface area contributed by atoms with E-state index in [2.05, 4.69) is 5.32 Å². The van der Waals surface area contributed by atoms with E-state index in [1.54, 1.807) is 6.07 Å². The van der Waals surface area contributed by atoms with E-state index >= 15 is 0 Å². The van der Waals surface area contributed by atoms with E-state index in [4.69, 9.17) is 0 Å². The third-order valence-electron chi connectivity index (χ3n) is 6.18. The Morgan fingerprint density at radius 1 is 1.04 bits per heavy atom. The van der Waals surface area contributed by atoms with Gasteiger partial charge in [-0.15, -0.1) is 0 Å². The summed E-state index contributed by atoms with van der Waals surface area (Å²) in [5.41, 5.74) is 0.821. The lowest BCUT2D eigenvalue weighted by atomic mass is 9.94. The zero-order valence-electron chi connectivity index (χ0n) is 16.3. The van der Waals surface area contributed by atoms with Crippen LogP contribution in [0.5, 0.6) is 0 Å². The van der Waals surface area contributed by atoms with Crippen LogP contribution in [0.15, 0.2) is 24.3 Å². The summed E-state index contributed by atoms with van der Waals surface area (Å²) in [5.74, 6) is -0.361. The van der Waals surface area contributed by atoms with Crippen molar-refractivity contribution in [3.8, 4) is 0 Å². The van der Waals surface area contributed by atoms with Gasteiger partial charge in [0, 0.05) is 45.8 Å². The van der Waals surface area contributed by atoms with Crippen LogP contribution in [-0.2, 0) is 4.79 Å². The SMILES string of the molecule is O=C(N1CCCC1)N1CCCC(C(=O)N2CCNCC2c2cccc(F)c2)C1. The summed E-state index contributed by atoms with van der Waals surface area (Å²) < 4.78 is 13.7. The Hall–Kier alpha value is -2.15. The van der Waals surface area contributed by atoms with Crippen molar-refractivity contribution < 1.29 is 14.0 Å². The van der Waals surface area contributed by atoms with E-state index in [0.717, 1.165) is 57.4 Å². The fraction of sp³-hybridized carbons (Fsp3) is 0.619. The molecule has 0 aromatic heterocycles. The van der Waals surface area contributed by atoms with Crippen LogP contribution in [0.1, 0.15) is 37.3 Å². The fourth-order valence-electron chi connectivity index (χ4n) is 4.68. The largest absolute Gasteiger partial charge is 0.333 e. The zero-order valence-corrected chi connectivity index (χ0v) is 16.3. The molecule has 4 rings (SSSR count). The van der Waals surface area contributed by atoms with Crippen molar-refractivity contribution in [3.63, 3.8) is 0 Å². The van der Waals surface area contributed by atoms with Crippen LogP contribution in [0.25, 0.3) is 0 Å². The smallest absolute Gasteiger partial charge is 0.320 e. The molecule has 28 heavy (non-hydrogen) atoms. The first-order chi connectivity index (χ1) is 13.6. The van der Waals surface area contributed by atoms with Gasteiger partial charge >= 0.3 is 6.03 Å². The molecule has 0 saturated carbocycles. The van der Waals surface area contributed by atoms with Crippen molar-refractivity contribution in [2.24, 2.45) is 5.92 Å². The number of nitrogens with one attached hydrogen (secondary N) is 1. The number of likely N-dealkylation sites (tertiary alicyclic amines) is 2. The fourth-order valence-corrected chi connectivity index (χ4v) is 4.68. The standard InChI is InChI=1S/C21H29FN4O2/c22-18-7-3-5-16(13-18)19-14-23-8-12-26(19)20(27)17-6-4-11-25(15-17)21(28)24-9-1-2-10-24/h3,5,7,13,17,19,23H,1-2,4,6,8-12,14-15H2. The molecule has 7 heteroatoms. The molecule has 152 valence electrons. The van der Waals surface area contributed by atoms with Crippen LogP contribution in [0.3, 0.4) is 0 Å². The van der Waals surface area contributed by atoms with Crippen molar-refractivity contribution in [1.29, 1.82) is 0 Å². The van der Waals surface area contributed by atoms with Crippen LogP contribution >= 0.6 is 0 Å². The lowest BCUT2D eigenvalue weighted by molar-refractivity contribution is -0.140. The average Bonchev–Trinajstić information content (AvgIpc) is 3.28. The number of nitrogens with zero attached hydrogens (tertiary/aromatic N) is 3. The van der Waals surface area contributed by atoms with Crippen LogP contribution in [0.4, 0.5) is 9.18 Å². The molecule has 3 fully saturated rings. The number of halogens is 1. The number of piperidine rings is 1. The lowest BCUT2D eigenvalue weighted by Crippen LogP contribution is -2.54. The average molecular weight is 388 g/mol.